The largest absolute Gasteiger partial charge is 0.481 e. The molecule has 0 spiro atoms. The van der Waals surface area contributed by atoms with E-state index in [0.717, 1.165) is 54.4 Å². The number of rotatable bonds is 12. The number of nitrogens with one attached hydrogen (secondary N) is 1. The molecule has 4 rings (SSSR count). The van der Waals surface area contributed by atoms with Gasteiger partial charge in [-0.15, -0.1) is 0 Å². The van der Waals surface area contributed by atoms with Crippen LogP contribution in [0.1, 0.15) is 112 Å². The molecule has 1 atom stereocenters. The van der Waals surface area contributed by atoms with Gasteiger partial charge in [-0.2, -0.15) is 0 Å². The van der Waals surface area contributed by atoms with E-state index in [1.54, 1.807) is 12.1 Å². The number of aliphatic carboxylic acids is 1. The molecular formula is C28H37ClN2NaO4. The van der Waals surface area contributed by atoms with Crippen molar-refractivity contribution >= 4 is 58.7 Å². The third-order valence-corrected chi connectivity index (χ3v) is 8.15. The number of carboxylic acids is 1. The first-order valence-electron chi connectivity index (χ1n) is 13.1. The molecule has 2 N–H and O–H groups in total. The number of nitrogens with zero attached hydrogens (tertiary/aromatic N) is 1. The summed E-state index contributed by atoms with van der Waals surface area (Å²) in [6.45, 7) is 6.46. The molecule has 8 heteroatoms. The van der Waals surface area contributed by atoms with Gasteiger partial charge in [-0.25, -0.2) is 0 Å². The van der Waals surface area contributed by atoms with Crippen molar-refractivity contribution in [2.24, 2.45) is 11.8 Å². The minimum atomic E-state index is -0.948. The Bertz CT molecular complexity index is 1060. The molecule has 2 saturated carbocycles. The molecule has 1 heterocycles. The molecule has 36 heavy (non-hydrogen) atoms. The van der Waals surface area contributed by atoms with Crippen molar-refractivity contribution in [3.8, 4) is 0 Å². The number of carboxylic acid groups (broad SMARTS) is 1. The topological polar surface area (TPSA) is 92.4 Å². The Morgan fingerprint density at radius 3 is 2.44 bits per heavy atom. The smallest absolute Gasteiger partial charge is 0.304 e. The van der Waals surface area contributed by atoms with Gasteiger partial charge in [-0.3, -0.25) is 9.59 Å². The fourth-order valence-corrected chi connectivity index (χ4v) is 5.83. The minimum absolute atomic E-state index is 0. The maximum Gasteiger partial charge on any atom is 0.304 e. The first-order valence-corrected chi connectivity index (χ1v) is 13.4. The van der Waals surface area contributed by atoms with Gasteiger partial charge >= 0.3 is 5.97 Å². The monoisotopic (exact) mass is 523 g/mol. The number of anilines is 1. The van der Waals surface area contributed by atoms with Crippen molar-refractivity contribution < 1.29 is 19.2 Å². The predicted octanol–water partition coefficient (Wildman–Crippen LogP) is 7.04. The van der Waals surface area contributed by atoms with Crippen LogP contribution in [0.15, 0.2) is 22.7 Å². The molecule has 1 aromatic carbocycles. The van der Waals surface area contributed by atoms with Crippen LogP contribution in [0.2, 0.25) is 5.02 Å². The van der Waals surface area contributed by atoms with Gasteiger partial charge in [0.25, 0.3) is 0 Å². The van der Waals surface area contributed by atoms with Gasteiger partial charge < -0.3 is 14.9 Å². The average molecular weight is 524 g/mol. The number of carbonyl (C=O) groups is 2. The summed E-state index contributed by atoms with van der Waals surface area (Å²) in [6, 6.07) is 5.43. The normalized spacial score (nSPS) is 19.9. The van der Waals surface area contributed by atoms with Crippen molar-refractivity contribution in [3.05, 3.63) is 45.8 Å². The van der Waals surface area contributed by atoms with E-state index in [1.807, 2.05) is 13.0 Å². The summed E-state index contributed by atoms with van der Waals surface area (Å²) in [6.07, 6.45) is 7.93. The maximum atomic E-state index is 12.9. The molecule has 0 unspecified atom stereocenters. The van der Waals surface area contributed by atoms with Crippen LogP contribution in [0.3, 0.4) is 0 Å². The van der Waals surface area contributed by atoms with Crippen LogP contribution in [-0.4, -0.2) is 51.7 Å². The molecule has 191 valence electrons. The van der Waals surface area contributed by atoms with Crippen LogP contribution in [0.5, 0.6) is 0 Å². The summed E-state index contributed by atoms with van der Waals surface area (Å²) in [7, 11) is 0. The van der Waals surface area contributed by atoms with Crippen LogP contribution in [-0.2, 0) is 9.59 Å². The predicted molar refractivity (Wildman–Crippen MR) is 143 cm³/mol. The minimum Gasteiger partial charge on any atom is -0.481 e. The first kappa shape index (κ1) is 29.2. The van der Waals surface area contributed by atoms with Gasteiger partial charge in [-0.05, 0) is 74.5 Å². The zero-order chi connectivity index (χ0) is 25.1. The van der Waals surface area contributed by atoms with E-state index in [2.05, 4.69) is 24.3 Å². The van der Waals surface area contributed by atoms with Crippen molar-refractivity contribution in [1.82, 2.24) is 5.16 Å². The van der Waals surface area contributed by atoms with Crippen molar-refractivity contribution in [2.45, 2.75) is 96.3 Å². The van der Waals surface area contributed by atoms with Gasteiger partial charge in [0.15, 0.2) is 0 Å². The molecule has 2 aliphatic carbocycles. The molecule has 1 amide bonds. The summed E-state index contributed by atoms with van der Waals surface area (Å²) < 4.78 is 5.91. The third-order valence-electron chi connectivity index (χ3n) is 7.84. The Kier molecular flexibility index (Phi) is 10.5. The van der Waals surface area contributed by atoms with Crippen LogP contribution < -0.4 is 5.32 Å². The summed E-state index contributed by atoms with van der Waals surface area (Å²) in [5, 5.41) is 17.3. The van der Waals surface area contributed by atoms with Crippen molar-refractivity contribution in [3.63, 3.8) is 0 Å². The molecule has 2 fully saturated rings. The Labute approximate surface area is 241 Å². The number of hydrogen-bond donors (Lipinski definition) is 2. The van der Waals surface area contributed by atoms with E-state index in [1.165, 1.54) is 19.3 Å². The third kappa shape index (κ3) is 7.15. The fourth-order valence-electron chi connectivity index (χ4n) is 5.55. The zero-order valence-corrected chi connectivity index (χ0v) is 24.7. The van der Waals surface area contributed by atoms with Gasteiger partial charge in [0.1, 0.15) is 5.76 Å². The molecular weight excluding hydrogens is 487 g/mol. The summed E-state index contributed by atoms with van der Waals surface area (Å²) >= 11 is 6.27. The zero-order valence-electron chi connectivity index (χ0n) is 22.0. The van der Waals surface area contributed by atoms with Crippen molar-refractivity contribution in [1.29, 1.82) is 0 Å². The number of benzene rings is 1. The SMILES string of the molecule is CCC(CC)CC1CC(c2onc([C@@H](CC(=O)O)CC(=O)Nc3ccc(C)cc3Cl)c2C2CC2)C1.[Na]. The van der Waals surface area contributed by atoms with E-state index in [4.69, 9.17) is 16.1 Å². The number of amides is 1. The van der Waals surface area contributed by atoms with E-state index in [0.29, 0.717) is 28.2 Å². The second-order valence-electron chi connectivity index (χ2n) is 10.6. The molecule has 1 radical (unpaired) electrons. The number of hydrogen-bond acceptors (Lipinski definition) is 4. The second-order valence-corrected chi connectivity index (χ2v) is 11.0. The Morgan fingerprint density at radius 2 is 1.86 bits per heavy atom. The molecule has 6 nitrogen and oxygen atoms in total. The number of aromatic nitrogens is 1. The number of carbonyl (C=O) groups excluding carboxylic acids is 1. The van der Waals surface area contributed by atoms with Gasteiger partial charge in [0.05, 0.1) is 22.8 Å². The Hall–Kier alpha value is -1.34. The van der Waals surface area contributed by atoms with Crippen LogP contribution >= 0.6 is 11.6 Å². The summed E-state index contributed by atoms with van der Waals surface area (Å²) in [5.41, 5.74) is 3.28. The van der Waals surface area contributed by atoms with E-state index < -0.39 is 11.9 Å². The molecule has 2 aliphatic rings. The summed E-state index contributed by atoms with van der Waals surface area (Å²) in [5.74, 6) is 1.43. The van der Waals surface area contributed by atoms with E-state index in [9.17, 15) is 14.7 Å². The molecule has 0 bridgehead atoms. The van der Waals surface area contributed by atoms with E-state index in [-0.39, 0.29) is 48.3 Å². The summed E-state index contributed by atoms with van der Waals surface area (Å²) in [4.78, 5) is 24.6. The van der Waals surface area contributed by atoms with Gasteiger partial charge in [-0.1, -0.05) is 49.5 Å². The standard InChI is InChI=1S/C28H37ClN2O4.Na/c1-4-17(5-2)11-18-12-21(13-18)28-26(19-7-8-19)27(31-35-28)20(15-25(33)34)14-24(32)30-23-9-6-16(3)10-22(23)29;/h6,9-10,17-21H,4-5,7-8,11-15H2,1-3H3,(H,30,32)(H,33,34);/t18?,20-,21?;/m1./s1. The Balaban J connectivity index is 0.00000361. The van der Waals surface area contributed by atoms with E-state index >= 15 is 0 Å². The number of aryl methyl sites for hydroxylation is 1. The van der Waals surface area contributed by atoms with Crippen LogP contribution in [0.25, 0.3) is 0 Å². The molecule has 2 aromatic rings. The average Bonchev–Trinajstić information content (AvgIpc) is 3.53. The first-order chi connectivity index (χ1) is 16.8. The quantitative estimate of drug-likeness (QED) is 0.291. The fraction of sp³-hybridized carbons (Fsp3) is 0.607. The van der Waals surface area contributed by atoms with Crippen LogP contribution in [0.4, 0.5) is 5.69 Å². The van der Waals surface area contributed by atoms with Gasteiger partial charge in [0, 0.05) is 53.4 Å². The van der Waals surface area contributed by atoms with Crippen LogP contribution in [0, 0.1) is 18.8 Å². The maximum absolute atomic E-state index is 12.9. The molecule has 0 saturated heterocycles. The van der Waals surface area contributed by atoms with Gasteiger partial charge in [0.2, 0.25) is 5.91 Å². The molecule has 1 aromatic heterocycles. The van der Waals surface area contributed by atoms with Crippen molar-refractivity contribution in [2.75, 3.05) is 5.32 Å². The number of halogens is 1. The second kappa shape index (κ2) is 12.9. The Morgan fingerprint density at radius 1 is 1.17 bits per heavy atom. The molecule has 0 aliphatic heterocycles.